The van der Waals surface area contributed by atoms with E-state index in [4.69, 9.17) is 4.74 Å². The molecule has 182 valence electrons. The average Bonchev–Trinajstić information content (AvgIpc) is 2.71. The normalized spacial score (nSPS) is 19.6. The summed E-state index contributed by atoms with van der Waals surface area (Å²) in [5.74, 6) is -6.63. The van der Waals surface area contributed by atoms with E-state index in [1.165, 1.54) is 29.2 Å². The maximum atomic E-state index is 14.6. The van der Waals surface area contributed by atoms with E-state index in [0.29, 0.717) is 11.6 Å². The summed E-state index contributed by atoms with van der Waals surface area (Å²) >= 11 is 0. The Hall–Kier alpha value is -3.28. The fourth-order valence-electron chi connectivity index (χ4n) is 3.89. The fraction of sp³-hybridized carbons (Fsp3) is 0.409. The molecule has 3 heterocycles. The third kappa shape index (κ3) is 4.81. The summed E-state index contributed by atoms with van der Waals surface area (Å²) in [4.78, 5) is 32.3. The van der Waals surface area contributed by atoms with Gasteiger partial charge in [-0.15, -0.1) is 0 Å². The average molecular weight is 485 g/mol. The molecule has 1 aromatic heterocycles. The van der Waals surface area contributed by atoms with Gasteiger partial charge in [0.15, 0.2) is 11.6 Å². The van der Waals surface area contributed by atoms with E-state index in [1.54, 1.807) is 0 Å². The predicted octanol–water partition coefficient (Wildman–Crippen LogP) is 3.32. The summed E-state index contributed by atoms with van der Waals surface area (Å²) < 4.78 is 75.6. The van der Waals surface area contributed by atoms with Gasteiger partial charge < -0.3 is 14.4 Å². The highest BCUT2D eigenvalue weighted by molar-refractivity contribution is 6.06. The first-order valence-electron chi connectivity index (χ1n) is 10.3. The number of nitrogens with zero attached hydrogens (tertiary/aromatic N) is 3. The first kappa shape index (κ1) is 23.9. The zero-order valence-electron chi connectivity index (χ0n) is 17.9. The number of amides is 2. The lowest BCUT2D eigenvalue weighted by Crippen LogP contribution is -2.65. The smallest absolute Gasteiger partial charge is 0.387 e. The molecule has 2 aliphatic rings. The molecule has 2 aliphatic heterocycles. The second-order valence-electron chi connectivity index (χ2n) is 8.13. The molecular formula is C22H20F5N3O4. The fourth-order valence-corrected chi connectivity index (χ4v) is 3.89. The summed E-state index contributed by atoms with van der Waals surface area (Å²) in [6.45, 7) is -2.56. The Kier molecular flexibility index (Phi) is 6.43. The predicted molar refractivity (Wildman–Crippen MR) is 108 cm³/mol. The first-order valence-corrected chi connectivity index (χ1v) is 10.3. The number of hydrogen-bond donors (Lipinski definition) is 0. The minimum absolute atomic E-state index is 0.0216. The maximum Gasteiger partial charge on any atom is 0.387 e. The summed E-state index contributed by atoms with van der Waals surface area (Å²) in [5, 5.41) is 0. The Bertz CT molecular complexity index is 1070. The van der Waals surface area contributed by atoms with Crippen molar-refractivity contribution >= 4 is 17.6 Å². The number of aromatic nitrogens is 1. The monoisotopic (exact) mass is 485 g/mol. The molecule has 0 aliphatic carbocycles. The molecule has 2 amide bonds. The van der Waals surface area contributed by atoms with Gasteiger partial charge in [-0.05, 0) is 5.56 Å². The van der Waals surface area contributed by atoms with Gasteiger partial charge in [-0.3, -0.25) is 14.5 Å². The molecule has 12 heteroatoms. The van der Waals surface area contributed by atoms with Crippen molar-refractivity contribution in [3.63, 3.8) is 0 Å². The van der Waals surface area contributed by atoms with Crippen molar-refractivity contribution in [2.45, 2.75) is 32.0 Å². The van der Waals surface area contributed by atoms with Crippen LogP contribution in [0.5, 0.6) is 5.75 Å². The molecule has 0 saturated carbocycles. The van der Waals surface area contributed by atoms with Crippen molar-refractivity contribution in [2.75, 3.05) is 24.7 Å². The molecular weight excluding hydrogens is 465 g/mol. The van der Waals surface area contributed by atoms with E-state index in [-0.39, 0.29) is 31.2 Å². The topological polar surface area (TPSA) is 72.0 Å². The highest BCUT2D eigenvalue weighted by Gasteiger charge is 2.47. The highest BCUT2D eigenvalue weighted by Crippen LogP contribution is 2.32. The van der Waals surface area contributed by atoms with Gasteiger partial charge >= 0.3 is 6.61 Å². The van der Waals surface area contributed by atoms with Crippen LogP contribution in [0, 0.1) is 11.7 Å². The number of carbonyl (C=O) groups is 2. The van der Waals surface area contributed by atoms with Crippen molar-refractivity contribution < 1.29 is 41.0 Å². The molecule has 1 atom stereocenters. The number of rotatable bonds is 7. The minimum Gasteiger partial charge on any atom is -0.433 e. The van der Waals surface area contributed by atoms with E-state index >= 15 is 0 Å². The molecule has 0 bridgehead atoms. The van der Waals surface area contributed by atoms with E-state index in [2.05, 4.69) is 9.72 Å². The van der Waals surface area contributed by atoms with Gasteiger partial charge in [-0.1, -0.05) is 24.3 Å². The van der Waals surface area contributed by atoms with Gasteiger partial charge in [0.25, 0.3) is 11.8 Å². The van der Waals surface area contributed by atoms with Crippen molar-refractivity contribution in [2.24, 2.45) is 5.92 Å². The van der Waals surface area contributed by atoms with Crippen LogP contribution in [-0.2, 0) is 26.8 Å². The van der Waals surface area contributed by atoms with Crippen molar-refractivity contribution in [1.82, 2.24) is 9.88 Å². The van der Waals surface area contributed by atoms with Crippen LogP contribution in [-0.4, -0.2) is 54.1 Å². The lowest BCUT2D eigenvalue weighted by atomic mass is 9.92. The molecule has 2 fully saturated rings. The van der Waals surface area contributed by atoms with Crippen molar-refractivity contribution in [1.29, 1.82) is 0 Å². The molecule has 0 radical (unpaired) electrons. The Morgan fingerprint density at radius 1 is 1.21 bits per heavy atom. The minimum atomic E-state index is -3.18. The van der Waals surface area contributed by atoms with Crippen LogP contribution in [0.15, 0.2) is 36.5 Å². The first-order chi connectivity index (χ1) is 16.0. The van der Waals surface area contributed by atoms with E-state index in [9.17, 15) is 31.5 Å². The number of alkyl halides is 4. The number of piperazine rings is 1. The molecule has 1 aromatic carbocycles. The van der Waals surface area contributed by atoms with Crippen LogP contribution >= 0.6 is 0 Å². The SMILES string of the molecule is CC(F)(F)c1ccc(CN2C(=O)CN(c3ncc(OC(F)F)cc3F)C(=O)[C@H]2C2COC2)cc1. The van der Waals surface area contributed by atoms with Gasteiger partial charge in [0.05, 0.1) is 19.4 Å². The van der Waals surface area contributed by atoms with Crippen molar-refractivity contribution in [3.8, 4) is 5.75 Å². The largest absolute Gasteiger partial charge is 0.433 e. The Morgan fingerprint density at radius 2 is 1.88 bits per heavy atom. The molecule has 2 aromatic rings. The van der Waals surface area contributed by atoms with Crippen LogP contribution in [0.2, 0.25) is 0 Å². The van der Waals surface area contributed by atoms with E-state index in [0.717, 1.165) is 18.0 Å². The molecule has 0 spiro atoms. The van der Waals surface area contributed by atoms with Gasteiger partial charge in [0.1, 0.15) is 18.3 Å². The number of ether oxygens (including phenoxy) is 2. The lowest BCUT2D eigenvalue weighted by Gasteiger charge is -2.45. The quantitative estimate of drug-likeness (QED) is 0.563. The standard InChI is InChI=1S/C22H20F5N3O4/c1-22(26,27)14-4-2-12(3-5-14)8-29-17(31)9-30(20(32)18(29)13-10-33-11-13)19-16(23)6-15(7-28-19)34-21(24)25/h2-7,13,18,21H,8-11H2,1H3/t18-/m1/s1. The van der Waals surface area contributed by atoms with Crippen molar-refractivity contribution in [3.05, 3.63) is 53.5 Å². The summed E-state index contributed by atoms with van der Waals surface area (Å²) in [6, 6.07) is 5.07. The summed E-state index contributed by atoms with van der Waals surface area (Å²) in [5.41, 5.74) is 0.346. The zero-order valence-corrected chi connectivity index (χ0v) is 17.9. The number of carbonyl (C=O) groups excluding carboxylic acids is 2. The second kappa shape index (κ2) is 9.16. The summed E-state index contributed by atoms with van der Waals surface area (Å²) in [6.07, 6.45) is 0.835. The molecule has 34 heavy (non-hydrogen) atoms. The Morgan fingerprint density at radius 3 is 2.41 bits per heavy atom. The second-order valence-corrected chi connectivity index (χ2v) is 8.13. The van der Waals surface area contributed by atoms with Gasteiger partial charge in [0, 0.05) is 31.0 Å². The van der Waals surface area contributed by atoms with Gasteiger partial charge in [0.2, 0.25) is 5.91 Å². The number of halogens is 5. The highest BCUT2D eigenvalue weighted by atomic mass is 19.3. The van der Waals surface area contributed by atoms with E-state index < -0.39 is 54.3 Å². The third-order valence-corrected chi connectivity index (χ3v) is 5.67. The Balaban J connectivity index is 1.59. The molecule has 7 nitrogen and oxygen atoms in total. The van der Waals surface area contributed by atoms with Gasteiger partial charge in [-0.25, -0.2) is 18.2 Å². The number of pyridine rings is 1. The van der Waals surface area contributed by atoms with Crippen LogP contribution in [0.4, 0.5) is 27.8 Å². The van der Waals surface area contributed by atoms with Crippen LogP contribution in [0.3, 0.4) is 0 Å². The number of benzene rings is 1. The van der Waals surface area contributed by atoms with Crippen LogP contribution < -0.4 is 9.64 Å². The molecule has 4 rings (SSSR count). The van der Waals surface area contributed by atoms with Crippen LogP contribution in [0.25, 0.3) is 0 Å². The molecule has 0 N–H and O–H groups in total. The number of hydrogen-bond acceptors (Lipinski definition) is 5. The lowest BCUT2D eigenvalue weighted by molar-refractivity contribution is -0.155. The van der Waals surface area contributed by atoms with Crippen LogP contribution in [0.1, 0.15) is 18.1 Å². The molecule has 2 saturated heterocycles. The maximum absolute atomic E-state index is 14.6. The molecule has 0 unspecified atom stereocenters. The number of anilines is 1. The summed E-state index contributed by atoms with van der Waals surface area (Å²) in [7, 11) is 0. The third-order valence-electron chi connectivity index (χ3n) is 5.67. The Labute approximate surface area is 191 Å². The van der Waals surface area contributed by atoms with Gasteiger partial charge in [-0.2, -0.15) is 8.78 Å². The zero-order chi connectivity index (χ0) is 24.6. The van der Waals surface area contributed by atoms with E-state index in [1.807, 2.05) is 0 Å².